The Labute approximate surface area is 182 Å². The molecule has 2 aromatic rings. The van der Waals surface area contributed by atoms with E-state index in [9.17, 15) is 31.2 Å². The van der Waals surface area contributed by atoms with Crippen LogP contribution in [0, 0.1) is 0 Å². The standard InChI is InChI=1S/C20H20F3N3O5S/c1-4-31-16-11-13(9-10-24-16)12-25-18(28)26(17(27)19(25,2)3)14-5-7-15(8-6-14)32(29,30)20(21,22)23/h5-11H,4,12H2,1-3H3. The van der Waals surface area contributed by atoms with Crippen LogP contribution in [0.2, 0.25) is 0 Å². The molecule has 0 N–H and O–H groups in total. The molecule has 1 saturated heterocycles. The van der Waals surface area contributed by atoms with Gasteiger partial charge in [0.25, 0.3) is 15.7 Å². The van der Waals surface area contributed by atoms with Crippen molar-refractivity contribution in [2.75, 3.05) is 11.5 Å². The number of benzene rings is 1. The minimum Gasteiger partial charge on any atom is -0.478 e. The SMILES string of the molecule is CCOc1cc(CN2C(=O)N(c3ccc(S(=O)(=O)C(F)(F)F)cc3)C(=O)C2(C)C)ccn1. The van der Waals surface area contributed by atoms with Gasteiger partial charge < -0.3 is 9.64 Å². The highest BCUT2D eigenvalue weighted by molar-refractivity contribution is 7.92. The fourth-order valence-electron chi connectivity index (χ4n) is 3.19. The van der Waals surface area contributed by atoms with E-state index in [4.69, 9.17) is 4.74 Å². The fraction of sp³-hybridized carbons (Fsp3) is 0.350. The van der Waals surface area contributed by atoms with Crippen molar-refractivity contribution in [2.45, 2.75) is 43.3 Å². The second-order valence-corrected chi connectivity index (χ2v) is 9.39. The highest BCUT2D eigenvalue weighted by atomic mass is 32.2. The molecule has 1 aliphatic rings. The Bertz CT molecular complexity index is 1150. The molecule has 1 aromatic carbocycles. The Morgan fingerprint density at radius 3 is 2.28 bits per heavy atom. The zero-order chi connectivity index (χ0) is 23.9. The summed E-state index contributed by atoms with van der Waals surface area (Å²) in [6.07, 6.45) is 1.51. The summed E-state index contributed by atoms with van der Waals surface area (Å²) >= 11 is 0. The van der Waals surface area contributed by atoms with E-state index in [0.717, 1.165) is 17.0 Å². The monoisotopic (exact) mass is 471 g/mol. The number of pyridine rings is 1. The predicted molar refractivity (Wildman–Crippen MR) is 108 cm³/mol. The second-order valence-electron chi connectivity index (χ2n) is 7.45. The van der Waals surface area contributed by atoms with E-state index in [2.05, 4.69) is 4.98 Å². The molecule has 1 fully saturated rings. The quantitative estimate of drug-likeness (QED) is 0.598. The highest BCUT2D eigenvalue weighted by Crippen LogP contribution is 2.35. The molecular formula is C20H20F3N3O5S. The van der Waals surface area contributed by atoms with Gasteiger partial charge in [-0.3, -0.25) is 4.79 Å². The Kier molecular flexibility index (Phi) is 5.94. The van der Waals surface area contributed by atoms with Crippen LogP contribution in [0.15, 0.2) is 47.5 Å². The largest absolute Gasteiger partial charge is 0.501 e. The summed E-state index contributed by atoms with van der Waals surface area (Å²) < 4.78 is 66.7. The first-order chi connectivity index (χ1) is 14.8. The van der Waals surface area contributed by atoms with E-state index in [0.29, 0.717) is 30.2 Å². The lowest BCUT2D eigenvalue weighted by Gasteiger charge is -2.27. The highest BCUT2D eigenvalue weighted by Gasteiger charge is 2.52. The number of aromatic nitrogens is 1. The summed E-state index contributed by atoms with van der Waals surface area (Å²) in [6, 6.07) is 6.02. The second kappa shape index (κ2) is 8.08. The van der Waals surface area contributed by atoms with Crippen LogP contribution in [0.3, 0.4) is 0 Å². The molecule has 32 heavy (non-hydrogen) atoms. The van der Waals surface area contributed by atoms with Crippen LogP contribution in [0.25, 0.3) is 0 Å². The van der Waals surface area contributed by atoms with Crippen molar-refractivity contribution in [2.24, 2.45) is 0 Å². The predicted octanol–water partition coefficient (Wildman–Crippen LogP) is 3.52. The fourth-order valence-corrected chi connectivity index (χ4v) is 3.96. The van der Waals surface area contributed by atoms with Crippen LogP contribution >= 0.6 is 0 Å². The van der Waals surface area contributed by atoms with Crippen LogP contribution in [0.4, 0.5) is 23.7 Å². The van der Waals surface area contributed by atoms with E-state index in [1.165, 1.54) is 11.1 Å². The number of alkyl halides is 3. The Balaban J connectivity index is 1.90. The van der Waals surface area contributed by atoms with E-state index in [1.54, 1.807) is 32.9 Å². The molecule has 0 atom stereocenters. The Hall–Kier alpha value is -3.15. The van der Waals surface area contributed by atoms with Gasteiger partial charge in [0.15, 0.2) is 0 Å². The molecule has 8 nitrogen and oxygen atoms in total. The van der Waals surface area contributed by atoms with Gasteiger partial charge >= 0.3 is 11.5 Å². The topological polar surface area (TPSA) is 96.9 Å². The van der Waals surface area contributed by atoms with E-state index >= 15 is 0 Å². The van der Waals surface area contributed by atoms with Gasteiger partial charge in [0, 0.05) is 18.8 Å². The molecule has 0 radical (unpaired) electrons. The first-order valence-electron chi connectivity index (χ1n) is 9.46. The summed E-state index contributed by atoms with van der Waals surface area (Å²) in [5.74, 6) is -0.243. The molecular weight excluding hydrogens is 451 g/mol. The number of hydrogen-bond donors (Lipinski definition) is 0. The van der Waals surface area contributed by atoms with Crippen molar-refractivity contribution in [3.05, 3.63) is 48.2 Å². The number of amides is 3. The third-order valence-corrected chi connectivity index (χ3v) is 6.47. The van der Waals surface area contributed by atoms with Gasteiger partial charge in [-0.1, -0.05) is 0 Å². The maximum atomic E-state index is 13.1. The zero-order valence-electron chi connectivity index (χ0n) is 17.4. The third kappa shape index (κ3) is 4.01. The molecule has 0 saturated carbocycles. The molecule has 12 heteroatoms. The summed E-state index contributed by atoms with van der Waals surface area (Å²) in [5.41, 5.74) is -6.10. The number of urea groups is 1. The normalized spacial score (nSPS) is 16.6. The maximum absolute atomic E-state index is 13.1. The molecule has 3 rings (SSSR count). The minimum absolute atomic E-state index is 0.0403. The summed E-state index contributed by atoms with van der Waals surface area (Å²) in [5, 5.41) is 0. The van der Waals surface area contributed by atoms with Gasteiger partial charge in [-0.05, 0) is 56.7 Å². The molecule has 172 valence electrons. The van der Waals surface area contributed by atoms with Crippen molar-refractivity contribution >= 4 is 27.5 Å². The summed E-state index contributed by atoms with van der Waals surface area (Å²) in [6.45, 7) is 5.33. The molecule has 3 amide bonds. The molecule has 0 unspecified atom stereocenters. The maximum Gasteiger partial charge on any atom is 0.501 e. The van der Waals surface area contributed by atoms with Crippen LogP contribution in [-0.2, 0) is 21.2 Å². The van der Waals surface area contributed by atoms with Crippen molar-refractivity contribution in [3.63, 3.8) is 0 Å². The Morgan fingerprint density at radius 1 is 1.09 bits per heavy atom. The summed E-state index contributed by atoms with van der Waals surface area (Å²) in [7, 11) is -5.54. The molecule has 0 aliphatic carbocycles. The first-order valence-corrected chi connectivity index (χ1v) is 10.9. The lowest BCUT2D eigenvalue weighted by atomic mass is 10.0. The van der Waals surface area contributed by atoms with Crippen LogP contribution in [0.5, 0.6) is 5.88 Å². The van der Waals surface area contributed by atoms with Crippen LogP contribution in [-0.4, -0.2) is 47.9 Å². The smallest absolute Gasteiger partial charge is 0.478 e. The van der Waals surface area contributed by atoms with Crippen molar-refractivity contribution in [1.29, 1.82) is 0 Å². The summed E-state index contributed by atoms with van der Waals surface area (Å²) in [4.78, 5) is 31.2. The number of rotatable bonds is 6. The number of sulfone groups is 1. The Morgan fingerprint density at radius 2 is 1.72 bits per heavy atom. The van der Waals surface area contributed by atoms with Gasteiger partial charge in [-0.25, -0.2) is 23.1 Å². The lowest BCUT2D eigenvalue weighted by Crippen LogP contribution is -2.43. The zero-order valence-corrected chi connectivity index (χ0v) is 18.2. The average Bonchev–Trinajstić information content (AvgIpc) is 2.87. The van der Waals surface area contributed by atoms with Crippen LogP contribution in [0.1, 0.15) is 26.3 Å². The van der Waals surface area contributed by atoms with Gasteiger partial charge in [0.1, 0.15) is 5.54 Å². The molecule has 2 heterocycles. The van der Waals surface area contributed by atoms with Gasteiger partial charge in [0.2, 0.25) is 5.88 Å². The van der Waals surface area contributed by atoms with Crippen molar-refractivity contribution in [1.82, 2.24) is 9.88 Å². The number of carbonyl (C=O) groups is 2. The third-order valence-electron chi connectivity index (χ3n) is 4.97. The average molecular weight is 471 g/mol. The molecule has 0 spiro atoms. The number of anilines is 1. The van der Waals surface area contributed by atoms with Crippen molar-refractivity contribution in [3.8, 4) is 5.88 Å². The number of halogens is 3. The van der Waals surface area contributed by atoms with Gasteiger partial charge in [-0.15, -0.1) is 0 Å². The number of imide groups is 1. The van der Waals surface area contributed by atoms with E-state index in [1.807, 2.05) is 0 Å². The lowest BCUT2D eigenvalue weighted by molar-refractivity contribution is -0.123. The number of carbonyl (C=O) groups excluding carboxylic acids is 2. The number of nitrogens with zero attached hydrogens (tertiary/aromatic N) is 3. The first kappa shape index (κ1) is 23.5. The van der Waals surface area contributed by atoms with Gasteiger partial charge in [0.05, 0.1) is 17.2 Å². The minimum atomic E-state index is -5.54. The molecule has 1 aromatic heterocycles. The van der Waals surface area contributed by atoms with Crippen molar-refractivity contribution < 1.29 is 35.9 Å². The molecule has 1 aliphatic heterocycles. The van der Waals surface area contributed by atoms with Gasteiger partial charge in [-0.2, -0.15) is 13.2 Å². The van der Waals surface area contributed by atoms with E-state index < -0.39 is 37.7 Å². The molecule has 0 bridgehead atoms. The number of ether oxygens (including phenoxy) is 1. The van der Waals surface area contributed by atoms with Crippen LogP contribution < -0.4 is 9.64 Å². The van der Waals surface area contributed by atoms with E-state index in [-0.39, 0.29) is 12.2 Å². The number of hydrogen-bond acceptors (Lipinski definition) is 6.